The first kappa shape index (κ1) is 16.2. The Morgan fingerprint density at radius 1 is 1.38 bits per heavy atom. The van der Waals surface area contributed by atoms with Gasteiger partial charge in [0.05, 0.1) is 6.61 Å². The maximum absolute atomic E-state index is 12.0. The van der Waals surface area contributed by atoms with Gasteiger partial charge in [-0.3, -0.25) is 0 Å². The van der Waals surface area contributed by atoms with E-state index in [1.54, 1.807) is 6.20 Å². The molecular weight excluding hydrogens is 283 g/mol. The van der Waals surface area contributed by atoms with E-state index in [1.165, 1.54) is 0 Å². The number of ether oxygens (including phenoxy) is 1. The number of fused-ring (bicyclic) bond motifs is 1. The van der Waals surface area contributed by atoms with Gasteiger partial charge in [0.1, 0.15) is 12.4 Å². The van der Waals surface area contributed by atoms with Crippen LogP contribution in [0.1, 0.15) is 42.4 Å². The number of aromatic nitrogens is 2. The van der Waals surface area contributed by atoms with Crippen molar-refractivity contribution in [3.8, 4) is 0 Å². The lowest BCUT2D eigenvalue weighted by molar-refractivity contribution is -0.173. The number of nitrogens with zero attached hydrogens (tertiary/aromatic N) is 2. The van der Waals surface area contributed by atoms with E-state index in [0.717, 1.165) is 36.9 Å². The lowest BCUT2D eigenvalue weighted by atomic mass is 10.1. The van der Waals surface area contributed by atoms with Crippen LogP contribution in [0.5, 0.6) is 0 Å². The highest BCUT2D eigenvalue weighted by atomic mass is 19.4. The van der Waals surface area contributed by atoms with E-state index in [9.17, 15) is 13.2 Å². The number of alkyl halides is 3. The Labute approximate surface area is 122 Å². The van der Waals surface area contributed by atoms with Crippen LogP contribution in [0.2, 0.25) is 0 Å². The molecule has 0 saturated carbocycles. The van der Waals surface area contributed by atoms with Gasteiger partial charge < -0.3 is 10.1 Å². The molecule has 118 valence electrons. The Morgan fingerprint density at radius 2 is 2.19 bits per heavy atom. The molecule has 0 saturated heterocycles. The van der Waals surface area contributed by atoms with Crippen LogP contribution in [0.3, 0.4) is 0 Å². The van der Waals surface area contributed by atoms with Crippen molar-refractivity contribution in [1.82, 2.24) is 15.3 Å². The number of hydrogen-bond donors (Lipinski definition) is 1. The molecule has 0 bridgehead atoms. The quantitative estimate of drug-likeness (QED) is 0.671. The summed E-state index contributed by atoms with van der Waals surface area (Å²) >= 11 is 0. The second-order valence-electron chi connectivity index (χ2n) is 5.19. The van der Waals surface area contributed by atoms with E-state index in [-0.39, 0.29) is 12.6 Å². The second-order valence-corrected chi connectivity index (χ2v) is 5.19. The summed E-state index contributed by atoms with van der Waals surface area (Å²) in [6.07, 6.45) is 1.97. The second kappa shape index (κ2) is 7.17. The zero-order chi connectivity index (χ0) is 15.3. The average Bonchev–Trinajstić information content (AvgIpc) is 2.64. The van der Waals surface area contributed by atoms with Crippen LogP contribution >= 0.6 is 0 Å². The Morgan fingerprint density at radius 3 is 2.90 bits per heavy atom. The minimum Gasteiger partial charge on any atom is -0.372 e. The molecule has 1 aliphatic carbocycles. The van der Waals surface area contributed by atoms with Crippen molar-refractivity contribution >= 4 is 0 Å². The largest absolute Gasteiger partial charge is 0.411 e. The molecule has 0 fully saturated rings. The summed E-state index contributed by atoms with van der Waals surface area (Å²) in [7, 11) is 1.92. The third-order valence-corrected chi connectivity index (χ3v) is 3.57. The normalized spacial score (nSPS) is 19.1. The maximum Gasteiger partial charge on any atom is 0.411 e. The van der Waals surface area contributed by atoms with Crippen molar-refractivity contribution in [2.24, 2.45) is 0 Å². The molecule has 1 aromatic heterocycles. The molecule has 1 N–H and O–H groups in total. The monoisotopic (exact) mass is 303 g/mol. The lowest BCUT2D eigenvalue weighted by Crippen LogP contribution is -2.19. The molecule has 7 heteroatoms. The predicted molar refractivity (Wildman–Crippen MR) is 72.0 cm³/mol. The van der Waals surface area contributed by atoms with Gasteiger partial charge in [-0.25, -0.2) is 9.97 Å². The molecule has 21 heavy (non-hydrogen) atoms. The van der Waals surface area contributed by atoms with Crippen LogP contribution < -0.4 is 5.32 Å². The molecule has 0 aromatic carbocycles. The van der Waals surface area contributed by atoms with E-state index >= 15 is 0 Å². The van der Waals surface area contributed by atoms with Gasteiger partial charge in [-0.1, -0.05) is 6.42 Å². The number of nitrogens with one attached hydrogen (secondary N) is 1. The van der Waals surface area contributed by atoms with Crippen LogP contribution in [-0.4, -0.2) is 36.4 Å². The van der Waals surface area contributed by atoms with E-state index in [2.05, 4.69) is 20.0 Å². The van der Waals surface area contributed by atoms with Gasteiger partial charge in [-0.05, 0) is 26.3 Å². The molecule has 0 amide bonds. The van der Waals surface area contributed by atoms with Crippen molar-refractivity contribution in [3.63, 3.8) is 0 Å². The van der Waals surface area contributed by atoms with Crippen molar-refractivity contribution in [1.29, 1.82) is 0 Å². The van der Waals surface area contributed by atoms with Crippen molar-refractivity contribution in [2.75, 3.05) is 20.3 Å². The fourth-order valence-corrected chi connectivity index (χ4v) is 2.53. The smallest absolute Gasteiger partial charge is 0.372 e. The van der Waals surface area contributed by atoms with Crippen molar-refractivity contribution < 1.29 is 17.9 Å². The Hall–Kier alpha value is -1.21. The zero-order valence-corrected chi connectivity index (χ0v) is 12.0. The van der Waals surface area contributed by atoms with E-state index in [0.29, 0.717) is 12.2 Å². The topological polar surface area (TPSA) is 47.0 Å². The summed E-state index contributed by atoms with van der Waals surface area (Å²) in [5, 5.41) is 3.26. The van der Waals surface area contributed by atoms with E-state index in [1.807, 2.05) is 7.05 Å². The van der Waals surface area contributed by atoms with Crippen LogP contribution in [0.4, 0.5) is 13.2 Å². The van der Waals surface area contributed by atoms with Crippen molar-refractivity contribution in [3.05, 3.63) is 23.3 Å². The van der Waals surface area contributed by atoms with Gasteiger partial charge in [0.2, 0.25) is 0 Å². The van der Waals surface area contributed by atoms with Crippen LogP contribution in [0.15, 0.2) is 6.20 Å². The Bertz CT molecular complexity index is 465. The van der Waals surface area contributed by atoms with Crippen LogP contribution in [-0.2, 0) is 17.6 Å². The molecule has 2 rings (SSSR count). The third kappa shape index (κ3) is 4.93. The molecule has 0 radical (unpaired) electrons. The number of rotatable bonds is 5. The number of halogens is 3. The molecule has 1 aliphatic rings. The standard InChI is InChI=1S/C14H20F3N3O/c1-18-11-4-2-3-5-12-10(11)8-19-13(20-12)6-7-21-9-14(15,16)17/h8,11,18H,2-7,9H2,1H3. The third-order valence-electron chi connectivity index (χ3n) is 3.57. The molecule has 4 nitrogen and oxygen atoms in total. The van der Waals surface area contributed by atoms with Gasteiger partial charge in [0.15, 0.2) is 0 Å². The highest BCUT2D eigenvalue weighted by Crippen LogP contribution is 2.26. The Balaban J connectivity index is 1.95. The van der Waals surface area contributed by atoms with Gasteiger partial charge in [-0.2, -0.15) is 13.2 Å². The first-order valence-electron chi connectivity index (χ1n) is 7.16. The molecule has 1 atom stereocenters. The van der Waals surface area contributed by atoms with Crippen LogP contribution in [0, 0.1) is 0 Å². The fraction of sp³-hybridized carbons (Fsp3) is 0.714. The minimum absolute atomic E-state index is 0.0201. The fourth-order valence-electron chi connectivity index (χ4n) is 2.53. The average molecular weight is 303 g/mol. The minimum atomic E-state index is -4.28. The van der Waals surface area contributed by atoms with Gasteiger partial charge in [0.25, 0.3) is 0 Å². The summed E-state index contributed by atoms with van der Waals surface area (Å²) in [4.78, 5) is 8.75. The van der Waals surface area contributed by atoms with Gasteiger partial charge in [0, 0.05) is 29.9 Å². The molecular formula is C14H20F3N3O. The number of aryl methyl sites for hydroxylation is 1. The number of hydrogen-bond acceptors (Lipinski definition) is 4. The lowest BCUT2D eigenvalue weighted by Gasteiger charge is -2.16. The summed E-state index contributed by atoms with van der Waals surface area (Å²) in [6.45, 7) is -1.24. The highest BCUT2D eigenvalue weighted by molar-refractivity contribution is 5.23. The molecule has 1 unspecified atom stereocenters. The van der Waals surface area contributed by atoms with Crippen molar-refractivity contribution in [2.45, 2.75) is 44.3 Å². The predicted octanol–water partition coefficient (Wildman–Crippen LogP) is 2.58. The molecule has 0 spiro atoms. The summed E-state index contributed by atoms with van der Waals surface area (Å²) in [5.74, 6) is 0.549. The zero-order valence-electron chi connectivity index (χ0n) is 12.0. The molecule has 0 aliphatic heterocycles. The highest BCUT2D eigenvalue weighted by Gasteiger charge is 2.27. The summed E-state index contributed by atoms with van der Waals surface area (Å²) < 4.78 is 40.5. The first-order chi connectivity index (χ1) is 9.99. The Kier molecular flexibility index (Phi) is 5.52. The summed E-state index contributed by atoms with van der Waals surface area (Å²) in [5.41, 5.74) is 2.11. The summed E-state index contributed by atoms with van der Waals surface area (Å²) in [6, 6.07) is 0.262. The van der Waals surface area contributed by atoms with Gasteiger partial charge >= 0.3 is 6.18 Å². The first-order valence-corrected chi connectivity index (χ1v) is 7.16. The maximum atomic E-state index is 12.0. The molecule has 1 heterocycles. The van der Waals surface area contributed by atoms with E-state index in [4.69, 9.17) is 0 Å². The molecule has 1 aromatic rings. The van der Waals surface area contributed by atoms with Gasteiger partial charge in [-0.15, -0.1) is 0 Å². The van der Waals surface area contributed by atoms with E-state index < -0.39 is 12.8 Å². The SMILES string of the molecule is CNC1CCCCc2nc(CCOCC(F)(F)F)ncc21. The van der Waals surface area contributed by atoms with Crippen LogP contribution in [0.25, 0.3) is 0 Å².